The van der Waals surface area contributed by atoms with Gasteiger partial charge < -0.3 is 5.11 Å². The number of rotatable bonds is 8. The molecule has 0 fully saturated rings. The minimum Gasteiger partial charge on any atom is -0.393 e. The van der Waals surface area contributed by atoms with Gasteiger partial charge in [0.2, 0.25) is 0 Å². The maximum absolute atomic E-state index is 9.40. The fourth-order valence-corrected chi connectivity index (χ4v) is 1.66. The number of unbranched alkanes of at least 4 members (excludes halogenated alkanes) is 3. The van der Waals surface area contributed by atoms with E-state index in [1.165, 1.54) is 25.7 Å². The number of hydrogen-bond donors (Lipinski definition) is 1. The third-order valence-corrected chi connectivity index (χ3v) is 2.69. The number of aliphatic hydroxyl groups is 1. The molecule has 0 spiro atoms. The maximum atomic E-state index is 9.40. The average molecular weight is 184 g/mol. The van der Waals surface area contributed by atoms with Crippen molar-refractivity contribution in [1.29, 1.82) is 0 Å². The second kappa shape index (κ2) is 8.31. The summed E-state index contributed by atoms with van der Waals surface area (Å²) in [5, 5.41) is 9.40. The van der Waals surface area contributed by atoms with Gasteiger partial charge in [-0.05, 0) is 32.1 Å². The molecular formula is C12H24O. The van der Waals surface area contributed by atoms with Crippen molar-refractivity contribution in [1.82, 2.24) is 0 Å². The lowest BCUT2D eigenvalue weighted by Crippen LogP contribution is -2.15. The van der Waals surface area contributed by atoms with E-state index in [0.29, 0.717) is 5.92 Å². The van der Waals surface area contributed by atoms with Crippen LogP contribution in [0.2, 0.25) is 0 Å². The summed E-state index contributed by atoms with van der Waals surface area (Å²) in [6, 6.07) is 0. The van der Waals surface area contributed by atoms with Gasteiger partial charge in [-0.15, -0.1) is 6.58 Å². The number of allylic oxidation sites excluding steroid dienone is 1. The first kappa shape index (κ1) is 12.7. The highest BCUT2D eigenvalue weighted by Gasteiger charge is 2.11. The molecule has 2 unspecified atom stereocenters. The lowest BCUT2D eigenvalue weighted by molar-refractivity contribution is 0.116. The van der Waals surface area contributed by atoms with Gasteiger partial charge in [0, 0.05) is 0 Å². The Morgan fingerprint density at radius 3 is 2.46 bits per heavy atom. The summed E-state index contributed by atoms with van der Waals surface area (Å²) in [4.78, 5) is 0. The smallest absolute Gasteiger partial charge is 0.0540 e. The minimum atomic E-state index is -0.135. The molecule has 1 N–H and O–H groups in total. The van der Waals surface area contributed by atoms with E-state index in [1.807, 2.05) is 13.0 Å². The summed E-state index contributed by atoms with van der Waals surface area (Å²) in [6.07, 6.45) is 9.01. The molecule has 0 amide bonds. The molecule has 0 aliphatic rings. The summed E-state index contributed by atoms with van der Waals surface area (Å²) >= 11 is 0. The number of aliphatic hydroxyl groups excluding tert-OH is 1. The Bertz CT molecular complexity index is 118. The summed E-state index contributed by atoms with van der Waals surface area (Å²) in [5.41, 5.74) is 0. The van der Waals surface area contributed by atoms with E-state index in [-0.39, 0.29) is 6.10 Å². The highest BCUT2D eigenvalue weighted by molar-refractivity contribution is 4.67. The molecule has 1 nitrogen and oxygen atoms in total. The van der Waals surface area contributed by atoms with Crippen LogP contribution in [0.15, 0.2) is 12.7 Å². The van der Waals surface area contributed by atoms with Crippen LogP contribution in [0.25, 0.3) is 0 Å². The van der Waals surface area contributed by atoms with Crippen LogP contribution >= 0.6 is 0 Å². The summed E-state index contributed by atoms with van der Waals surface area (Å²) in [5.74, 6) is 0.503. The zero-order valence-corrected chi connectivity index (χ0v) is 9.13. The van der Waals surface area contributed by atoms with Crippen LogP contribution in [0.3, 0.4) is 0 Å². The Hall–Kier alpha value is -0.300. The monoisotopic (exact) mass is 184 g/mol. The highest BCUT2D eigenvalue weighted by Crippen LogP contribution is 2.17. The van der Waals surface area contributed by atoms with Gasteiger partial charge in [-0.3, -0.25) is 0 Å². The molecule has 0 rings (SSSR count). The van der Waals surface area contributed by atoms with Crippen LogP contribution in [-0.2, 0) is 0 Å². The third-order valence-electron chi connectivity index (χ3n) is 2.69. The molecule has 0 aliphatic heterocycles. The van der Waals surface area contributed by atoms with Gasteiger partial charge in [0.05, 0.1) is 6.10 Å². The van der Waals surface area contributed by atoms with E-state index in [9.17, 15) is 5.11 Å². The third kappa shape index (κ3) is 6.83. The predicted molar refractivity (Wildman–Crippen MR) is 58.7 cm³/mol. The van der Waals surface area contributed by atoms with Gasteiger partial charge in [0.25, 0.3) is 0 Å². The van der Waals surface area contributed by atoms with Crippen molar-refractivity contribution in [3.8, 4) is 0 Å². The minimum absolute atomic E-state index is 0.135. The zero-order chi connectivity index (χ0) is 10.1. The molecule has 0 aromatic heterocycles. The van der Waals surface area contributed by atoms with Crippen molar-refractivity contribution in [2.75, 3.05) is 0 Å². The van der Waals surface area contributed by atoms with Gasteiger partial charge in [0.1, 0.15) is 0 Å². The van der Waals surface area contributed by atoms with E-state index < -0.39 is 0 Å². The molecule has 0 bridgehead atoms. The van der Waals surface area contributed by atoms with Gasteiger partial charge >= 0.3 is 0 Å². The van der Waals surface area contributed by atoms with Gasteiger partial charge in [0.15, 0.2) is 0 Å². The van der Waals surface area contributed by atoms with E-state index in [2.05, 4.69) is 13.5 Å². The van der Waals surface area contributed by atoms with Crippen LogP contribution in [0, 0.1) is 5.92 Å². The van der Waals surface area contributed by atoms with Crippen LogP contribution < -0.4 is 0 Å². The van der Waals surface area contributed by atoms with Crippen molar-refractivity contribution in [3.05, 3.63) is 12.7 Å². The van der Waals surface area contributed by atoms with Gasteiger partial charge in [-0.2, -0.15) is 0 Å². The van der Waals surface area contributed by atoms with E-state index in [1.54, 1.807) is 0 Å². The number of hydrogen-bond acceptors (Lipinski definition) is 1. The first-order valence-corrected chi connectivity index (χ1v) is 5.51. The summed E-state index contributed by atoms with van der Waals surface area (Å²) in [7, 11) is 0. The lowest BCUT2D eigenvalue weighted by Gasteiger charge is -2.17. The highest BCUT2D eigenvalue weighted by atomic mass is 16.3. The molecule has 2 atom stereocenters. The van der Waals surface area contributed by atoms with E-state index >= 15 is 0 Å². The molecule has 78 valence electrons. The Morgan fingerprint density at radius 2 is 2.00 bits per heavy atom. The van der Waals surface area contributed by atoms with E-state index in [4.69, 9.17) is 0 Å². The second-order valence-electron chi connectivity index (χ2n) is 3.84. The molecule has 0 saturated heterocycles. The largest absolute Gasteiger partial charge is 0.393 e. The standard InChI is InChI=1S/C12H24O/c1-4-6-7-8-9-10-12(5-2)11(3)13/h4,11-13H,1,5-10H2,2-3H3. The molecule has 0 aromatic carbocycles. The zero-order valence-electron chi connectivity index (χ0n) is 9.13. The average Bonchev–Trinajstić information content (AvgIpc) is 2.10. The first-order valence-electron chi connectivity index (χ1n) is 5.51. The normalized spacial score (nSPS) is 15.3. The second-order valence-corrected chi connectivity index (χ2v) is 3.84. The Labute approximate surface area is 82.9 Å². The van der Waals surface area contributed by atoms with Crippen molar-refractivity contribution >= 4 is 0 Å². The van der Waals surface area contributed by atoms with E-state index in [0.717, 1.165) is 12.8 Å². The van der Waals surface area contributed by atoms with Crippen molar-refractivity contribution in [3.63, 3.8) is 0 Å². The fourth-order valence-electron chi connectivity index (χ4n) is 1.66. The topological polar surface area (TPSA) is 20.2 Å². The lowest BCUT2D eigenvalue weighted by atomic mass is 9.94. The molecule has 0 saturated carbocycles. The molecular weight excluding hydrogens is 160 g/mol. The van der Waals surface area contributed by atoms with Crippen molar-refractivity contribution in [2.24, 2.45) is 5.92 Å². The predicted octanol–water partition coefficient (Wildman–Crippen LogP) is 3.53. The van der Waals surface area contributed by atoms with Gasteiger partial charge in [-0.1, -0.05) is 32.3 Å². The molecule has 0 radical (unpaired) electrons. The Balaban J connectivity index is 3.33. The van der Waals surface area contributed by atoms with Crippen LogP contribution in [0.5, 0.6) is 0 Å². The SMILES string of the molecule is C=CCCCCCC(CC)C(C)O. The molecule has 0 aromatic rings. The van der Waals surface area contributed by atoms with Crippen molar-refractivity contribution < 1.29 is 5.11 Å². The summed E-state index contributed by atoms with van der Waals surface area (Å²) < 4.78 is 0. The molecule has 13 heavy (non-hydrogen) atoms. The van der Waals surface area contributed by atoms with Gasteiger partial charge in [-0.25, -0.2) is 0 Å². The first-order chi connectivity index (χ1) is 6.22. The molecule has 0 aliphatic carbocycles. The quantitative estimate of drug-likeness (QED) is 0.452. The van der Waals surface area contributed by atoms with Crippen LogP contribution in [0.1, 0.15) is 52.4 Å². The van der Waals surface area contributed by atoms with Crippen molar-refractivity contribution in [2.45, 2.75) is 58.5 Å². The Morgan fingerprint density at radius 1 is 1.31 bits per heavy atom. The Kier molecular flexibility index (Phi) is 8.11. The molecule has 1 heteroatoms. The van der Waals surface area contributed by atoms with Crippen LogP contribution in [-0.4, -0.2) is 11.2 Å². The summed E-state index contributed by atoms with van der Waals surface area (Å²) in [6.45, 7) is 7.75. The van der Waals surface area contributed by atoms with Crippen LogP contribution in [0.4, 0.5) is 0 Å². The molecule has 0 heterocycles. The fraction of sp³-hybridized carbons (Fsp3) is 0.833. The maximum Gasteiger partial charge on any atom is 0.0540 e.